The summed E-state index contributed by atoms with van der Waals surface area (Å²) in [6, 6.07) is 18.5. The number of benzene rings is 2. The summed E-state index contributed by atoms with van der Waals surface area (Å²) >= 11 is 0. The van der Waals surface area contributed by atoms with E-state index in [1.807, 2.05) is 30.3 Å². The Labute approximate surface area is 171 Å². The predicted molar refractivity (Wildman–Crippen MR) is 118 cm³/mol. The molecule has 5 nitrogen and oxygen atoms in total. The van der Waals surface area contributed by atoms with Gasteiger partial charge in [-0.05, 0) is 30.4 Å². The Hall–Kier alpha value is -3.21. The summed E-state index contributed by atoms with van der Waals surface area (Å²) in [5.74, 6) is 1.03. The Morgan fingerprint density at radius 3 is 2.52 bits per heavy atom. The van der Waals surface area contributed by atoms with Crippen LogP contribution in [-0.2, 0) is 11.8 Å². The molecule has 5 rings (SSSR count). The number of hydrogen-bond acceptors (Lipinski definition) is 5. The second-order valence-corrected chi connectivity index (χ2v) is 8.11. The number of aromatic nitrogens is 2. The van der Waals surface area contributed by atoms with Crippen molar-refractivity contribution in [3.05, 3.63) is 71.3 Å². The SMILES string of the molecule is Nc1nc(N/N=C/c2ccccc2)nc2c1C1(CCCCC1)Cc1ccccc1-2. The number of hydrogen-bond donors (Lipinski definition) is 2. The Balaban J connectivity index is 1.55. The summed E-state index contributed by atoms with van der Waals surface area (Å²) < 4.78 is 0. The van der Waals surface area contributed by atoms with Gasteiger partial charge in [0.2, 0.25) is 5.95 Å². The van der Waals surface area contributed by atoms with E-state index in [2.05, 4.69) is 39.8 Å². The molecule has 0 atom stereocenters. The van der Waals surface area contributed by atoms with Crippen molar-refractivity contribution in [2.45, 2.75) is 43.9 Å². The number of fused-ring (bicyclic) bond motifs is 4. The van der Waals surface area contributed by atoms with Gasteiger partial charge in [-0.25, -0.2) is 10.4 Å². The Bertz CT molecular complexity index is 1050. The van der Waals surface area contributed by atoms with Crippen molar-refractivity contribution >= 4 is 18.0 Å². The van der Waals surface area contributed by atoms with E-state index in [1.165, 1.54) is 30.4 Å². The molecule has 1 aromatic heterocycles. The Morgan fingerprint density at radius 1 is 0.931 bits per heavy atom. The first-order chi connectivity index (χ1) is 14.3. The van der Waals surface area contributed by atoms with Crippen LogP contribution in [-0.4, -0.2) is 16.2 Å². The minimum Gasteiger partial charge on any atom is -0.383 e. The van der Waals surface area contributed by atoms with Gasteiger partial charge in [0.05, 0.1) is 11.9 Å². The van der Waals surface area contributed by atoms with E-state index in [0.29, 0.717) is 11.8 Å². The maximum absolute atomic E-state index is 6.54. The molecule has 29 heavy (non-hydrogen) atoms. The van der Waals surface area contributed by atoms with Gasteiger partial charge in [0.1, 0.15) is 5.82 Å². The molecule has 5 heteroatoms. The first-order valence-corrected chi connectivity index (χ1v) is 10.4. The van der Waals surface area contributed by atoms with Crippen LogP contribution in [0, 0.1) is 0 Å². The highest BCUT2D eigenvalue weighted by atomic mass is 15.3. The standard InChI is InChI=1S/C24H25N5/c25-22-20-21(27-23(28-22)29-26-16-17-9-3-1-4-10-17)19-12-6-5-11-18(19)15-24(20)13-7-2-8-14-24/h1,3-6,9-12,16H,2,7-8,13-15H2,(H3,25,27,28,29)/b26-16+. The topological polar surface area (TPSA) is 76.2 Å². The third kappa shape index (κ3) is 3.27. The second kappa shape index (κ2) is 7.32. The zero-order chi connectivity index (χ0) is 19.7. The predicted octanol–water partition coefficient (Wildman–Crippen LogP) is 4.93. The number of nitrogens with zero attached hydrogens (tertiary/aromatic N) is 3. The fourth-order valence-corrected chi connectivity index (χ4v) is 4.96. The molecule has 1 fully saturated rings. The average Bonchev–Trinajstić information content (AvgIpc) is 2.75. The van der Waals surface area contributed by atoms with Gasteiger partial charge >= 0.3 is 0 Å². The number of rotatable bonds is 3. The zero-order valence-corrected chi connectivity index (χ0v) is 16.4. The van der Waals surface area contributed by atoms with Crippen molar-refractivity contribution in [1.29, 1.82) is 0 Å². The minimum absolute atomic E-state index is 0.0673. The molecule has 146 valence electrons. The molecular weight excluding hydrogens is 358 g/mol. The Morgan fingerprint density at radius 2 is 1.69 bits per heavy atom. The lowest BCUT2D eigenvalue weighted by Crippen LogP contribution is -2.36. The van der Waals surface area contributed by atoms with Gasteiger partial charge in [-0.3, -0.25) is 0 Å². The number of anilines is 2. The summed E-state index contributed by atoms with van der Waals surface area (Å²) in [5.41, 5.74) is 15.2. The molecule has 0 bridgehead atoms. The van der Waals surface area contributed by atoms with E-state index in [4.69, 9.17) is 10.7 Å². The zero-order valence-electron chi connectivity index (χ0n) is 16.4. The molecule has 0 unspecified atom stereocenters. The average molecular weight is 383 g/mol. The molecule has 2 aliphatic carbocycles. The van der Waals surface area contributed by atoms with Crippen molar-refractivity contribution in [1.82, 2.24) is 9.97 Å². The van der Waals surface area contributed by atoms with Gasteiger partial charge in [-0.1, -0.05) is 73.9 Å². The Kier molecular flexibility index (Phi) is 4.51. The van der Waals surface area contributed by atoms with Gasteiger partial charge in [0, 0.05) is 16.5 Å². The molecule has 2 aromatic carbocycles. The summed E-state index contributed by atoms with van der Waals surface area (Å²) in [5, 5.41) is 4.31. The van der Waals surface area contributed by atoms with Crippen molar-refractivity contribution in [2.75, 3.05) is 11.2 Å². The maximum atomic E-state index is 6.54. The van der Waals surface area contributed by atoms with Crippen LogP contribution in [0.2, 0.25) is 0 Å². The van der Waals surface area contributed by atoms with Crippen LogP contribution in [0.15, 0.2) is 59.7 Å². The van der Waals surface area contributed by atoms with Crippen LogP contribution < -0.4 is 11.2 Å². The maximum Gasteiger partial charge on any atom is 0.246 e. The van der Waals surface area contributed by atoms with E-state index in [9.17, 15) is 0 Å². The second-order valence-electron chi connectivity index (χ2n) is 8.11. The van der Waals surface area contributed by atoms with Gasteiger partial charge in [-0.15, -0.1) is 0 Å². The molecule has 1 heterocycles. The first-order valence-electron chi connectivity index (χ1n) is 10.4. The molecule has 0 aliphatic heterocycles. The van der Waals surface area contributed by atoms with Crippen LogP contribution in [0.5, 0.6) is 0 Å². The number of hydrazone groups is 1. The van der Waals surface area contributed by atoms with E-state index >= 15 is 0 Å². The normalized spacial score (nSPS) is 17.1. The van der Waals surface area contributed by atoms with E-state index < -0.39 is 0 Å². The van der Waals surface area contributed by atoms with E-state index in [1.54, 1.807) is 6.21 Å². The largest absolute Gasteiger partial charge is 0.383 e. The van der Waals surface area contributed by atoms with Gasteiger partial charge in [-0.2, -0.15) is 10.1 Å². The molecule has 0 saturated heterocycles. The first kappa shape index (κ1) is 17.9. The summed E-state index contributed by atoms with van der Waals surface area (Å²) in [4.78, 5) is 9.46. The monoisotopic (exact) mass is 383 g/mol. The lowest BCUT2D eigenvalue weighted by Gasteiger charge is -2.42. The van der Waals surface area contributed by atoms with Crippen LogP contribution in [0.3, 0.4) is 0 Å². The van der Waals surface area contributed by atoms with Gasteiger partial charge < -0.3 is 5.73 Å². The molecule has 0 amide bonds. The molecule has 2 aliphatic rings. The number of nitrogen functional groups attached to an aromatic ring is 1. The van der Waals surface area contributed by atoms with E-state index in [-0.39, 0.29) is 5.41 Å². The smallest absolute Gasteiger partial charge is 0.246 e. The third-order valence-corrected chi connectivity index (χ3v) is 6.26. The molecule has 1 spiro atoms. The third-order valence-electron chi connectivity index (χ3n) is 6.26. The fraction of sp³-hybridized carbons (Fsp3) is 0.292. The van der Waals surface area contributed by atoms with Crippen LogP contribution in [0.25, 0.3) is 11.3 Å². The van der Waals surface area contributed by atoms with Crippen molar-refractivity contribution in [3.8, 4) is 11.3 Å². The van der Waals surface area contributed by atoms with Crippen molar-refractivity contribution < 1.29 is 0 Å². The van der Waals surface area contributed by atoms with Crippen molar-refractivity contribution in [3.63, 3.8) is 0 Å². The molecule has 3 N–H and O–H groups in total. The summed E-state index contributed by atoms with van der Waals surface area (Å²) in [6.07, 6.45) is 8.87. The minimum atomic E-state index is 0.0673. The molecule has 0 radical (unpaired) electrons. The van der Waals surface area contributed by atoms with Gasteiger partial charge in [0.15, 0.2) is 0 Å². The summed E-state index contributed by atoms with van der Waals surface area (Å²) in [7, 11) is 0. The molecule has 1 saturated carbocycles. The van der Waals surface area contributed by atoms with Crippen molar-refractivity contribution in [2.24, 2.45) is 5.10 Å². The lowest BCUT2D eigenvalue weighted by atomic mass is 9.62. The highest BCUT2D eigenvalue weighted by Crippen LogP contribution is 2.51. The van der Waals surface area contributed by atoms with Crippen LogP contribution >= 0.6 is 0 Å². The summed E-state index contributed by atoms with van der Waals surface area (Å²) in [6.45, 7) is 0. The highest BCUT2D eigenvalue weighted by Gasteiger charge is 2.42. The lowest BCUT2D eigenvalue weighted by molar-refractivity contribution is 0.288. The van der Waals surface area contributed by atoms with E-state index in [0.717, 1.165) is 36.1 Å². The highest BCUT2D eigenvalue weighted by molar-refractivity contribution is 5.80. The number of nitrogens with one attached hydrogen (secondary N) is 1. The van der Waals surface area contributed by atoms with Crippen LogP contribution in [0.1, 0.15) is 48.8 Å². The molecule has 3 aromatic rings. The number of nitrogens with two attached hydrogens (primary N) is 1. The quantitative estimate of drug-likeness (QED) is 0.497. The fourth-order valence-electron chi connectivity index (χ4n) is 4.96. The molecular formula is C24H25N5. The van der Waals surface area contributed by atoms with Gasteiger partial charge in [0.25, 0.3) is 0 Å². The van der Waals surface area contributed by atoms with Crippen LogP contribution in [0.4, 0.5) is 11.8 Å².